The molecular formula is C11H19F2NO3. The molecule has 1 rings (SSSR count). The maximum absolute atomic E-state index is 13.3. The normalized spacial score (nSPS) is 23.9. The van der Waals surface area contributed by atoms with Gasteiger partial charge in [-0.1, -0.05) is 0 Å². The molecule has 0 saturated carbocycles. The third-order valence-electron chi connectivity index (χ3n) is 2.36. The van der Waals surface area contributed by atoms with Gasteiger partial charge in [0.05, 0.1) is 19.2 Å². The zero-order chi connectivity index (χ0) is 13.3. The molecule has 17 heavy (non-hydrogen) atoms. The Labute approximate surface area is 99.9 Å². The van der Waals surface area contributed by atoms with E-state index in [0.717, 1.165) is 4.90 Å². The highest BCUT2D eigenvalue weighted by atomic mass is 19.3. The molecule has 6 heteroatoms. The summed E-state index contributed by atoms with van der Waals surface area (Å²) >= 11 is 0. The van der Waals surface area contributed by atoms with Crippen LogP contribution < -0.4 is 0 Å². The fourth-order valence-electron chi connectivity index (χ4n) is 1.77. The second-order valence-electron chi connectivity index (χ2n) is 5.28. The molecule has 0 aromatic heterocycles. The molecule has 1 atom stereocenters. The minimum absolute atomic E-state index is 0.0921. The maximum atomic E-state index is 13.3. The lowest BCUT2D eigenvalue weighted by Gasteiger charge is -2.27. The second kappa shape index (κ2) is 4.76. The van der Waals surface area contributed by atoms with Crippen molar-refractivity contribution >= 4 is 6.09 Å². The summed E-state index contributed by atoms with van der Waals surface area (Å²) in [6.07, 6.45) is -1.09. The van der Waals surface area contributed by atoms with Gasteiger partial charge in [-0.25, -0.2) is 13.6 Å². The van der Waals surface area contributed by atoms with Crippen molar-refractivity contribution in [3.05, 3.63) is 0 Å². The largest absolute Gasteiger partial charge is 0.444 e. The number of rotatable bonds is 2. The first-order valence-electron chi connectivity index (χ1n) is 5.51. The third kappa shape index (κ3) is 4.11. The zero-order valence-electron chi connectivity index (χ0n) is 10.6. The average molecular weight is 251 g/mol. The lowest BCUT2D eigenvalue weighted by Crippen LogP contribution is -2.42. The molecule has 0 aliphatic carbocycles. The van der Waals surface area contributed by atoms with Crippen molar-refractivity contribution in [3.8, 4) is 0 Å². The Balaban J connectivity index is 2.70. The average Bonchev–Trinajstić information content (AvgIpc) is 2.39. The van der Waals surface area contributed by atoms with Gasteiger partial charge in [-0.3, -0.25) is 4.90 Å². The maximum Gasteiger partial charge on any atom is 0.410 e. The van der Waals surface area contributed by atoms with Crippen LogP contribution in [0.15, 0.2) is 0 Å². The number of carbonyl (C=O) groups is 1. The number of hydrogen-bond acceptors (Lipinski definition) is 3. The molecule has 1 aliphatic heterocycles. The van der Waals surface area contributed by atoms with Crippen LogP contribution in [0.2, 0.25) is 0 Å². The lowest BCUT2D eigenvalue weighted by atomic mass is 10.2. The Morgan fingerprint density at radius 1 is 1.47 bits per heavy atom. The van der Waals surface area contributed by atoms with E-state index in [1.807, 2.05) is 0 Å². The number of methoxy groups -OCH3 is 1. The highest BCUT2D eigenvalue weighted by Crippen LogP contribution is 2.33. The van der Waals surface area contributed by atoms with Crippen LogP contribution in [-0.4, -0.2) is 48.8 Å². The molecular weight excluding hydrogens is 232 g/mol. The molecule has 0 bridgehead atoms. The van der Waals surface area contributed by atoms with E-state index in [2.05, 4.69) is 0 Å². The number of likely N-dealkylation sites (tertiary alicyclic amines) is 1. The van der Waals surface area contributed by atoms with E-state index in [4.69, 9.17) is 9.47 Å². The van der Waals surface area contributed by atoms with Crippen LogP contribution in [0, 0.1) is 0 Å². The molecule has 0 radical (unpaired) electrons. The van der Waals surface area contributed by atoms with E-state index in [1.54, 1.807) is 20.8 Å². The Kier molecular flexibility index (Phi) is 3.96. The zero-order valence-corrected chi connectivity index (χ0v) is 10.6. The van der Waals surface area contributed by atoms with Crippen molar-refractivity contribution in [1.29, 1.82) is 0 Å². The fourth-order valence-corrected chi connectivity index (χ4v) is 1.77. The number of ether oxygens (including phenoxy) is 2. The Hall–Kier alpha value is -0.910. The number of nitrogens with zero attached hydrogens (tertiary/aromatic N) is 1. The Morgan fingerprint density at radius 2 is 2.06 bits per heavy atom. The smallest absolute Gasteiger partial charge is 0.410 e. The standard InChI is InChI=1S/C11H19F2NO3/c1-10(2,3)17-9(15)14-7-11(12,13)5-8(14)6-16-4/h8H,5-7H2,1-4H3/t8-/m1/s1. The summed E-state index contributed by atoms with van der Waals surface area (Å²) in [6.45, 7) is 4.59. The van der Waals surface area contributed by atoms with Crippen LogP contribution in [0.4, 0.5) is 13.6 Å². The first kappa shape index (κ1) is 14.2. The van der Waals surface area contributed by atoms with E-state index in [9.17, 15) is 13.6 Å². The van der Waals surface area contributed by atoms with Crippen molar-refractivity contribution in [2.24, 2.45) is 0 Å². The number of carbonyl (C=O) groups excluding carboxylic acids is 1. The summed E-state index contributed by atoms with van der Waals surface area (Å²) in [5.41, 5.74) is -0.688. The van der Waals surface area contributed by atoms with Crippen molar-refractivity contribution in [2.45, 2.75) is 44.8 Å². The van der Waals surface area contributed by atoms with Gasteiger partial charge in [0.2, 0.25) is 0 Å². The monoisotopic (exact) mass is 251 g/mol. The summed E-state index contributed by atoms with van der Waals surface area (Å²) < 4.78 is 36.4. The van der Waals surface area contributed by atoms with Gasteiger partial charge in [-0.15, -0.1) is 0 Å². The minimum Gasteiger partial charge on any atom is -0.444 e. The molecule has 4 nitrogen and oxygen atoms in total. The summed E-state index contributed by atoms with van der Waals surface area (Å²) in [7, 11) is 1.42. The molecule has 1 fully saturated rings. The van der Waals surface area contributed by atoms with E-state index >= 15 is 0 Å². The quantitative estimate of drug-likeness (QED) is 0.755. The van der Waals surface area contributed by atoms with E-state index < -0.39 is 30.2 Å². The SMILES string of the molecule is COC[C@H]1CC(F)(F)CN1C(=O)OC(C)(C)C. The Bertz CT molecular complexity index is 289. The molecule has 0 spiro atoms. The molecule has 0 unspecified atom stereocenters. The minimum atomic E-state index is -2.86. The molecule has 0 N–H and O–H groups in total. The van der Waals surface area contributed by atoms with E-state index in [0.29, 0.717) is 0 Å². The number of alkyl halides is 2. The van der Waals surface area contributed by atoms with Gasteiger partial charge in [0.1, 0.15) is 5.60 Å². The summed E-state index contributed by atoms with van der Waals surface area (Å²) in [5, 5.41) is 0. The van der Waals surface area contributed by atoms with Gasteiger partial charge in [0.25, 0.3) is 5.92 Å². The Morgan fingerprint density at radius 3 is 2.53 bits per heavy atom. The van der Waals surface area contributed by atoms with Crippen LogP contribution in [0.1, 0.15) is 27.2 Å². The number of halogens is 2. The second-order valence-corrected chi connectivity index (χ2v) is 5.28. The molecule has 0 aromatic rings. The number of amides is 1. The molecule has 1 heterocycles. The van der Waals surface area contributed by atoms with Crippen LogP contribution in [0.3, 0.4) is 0 Å². The van der Waals surface area contributed by atoms with Crippen LogP contribution in [-0.2, 0) is 9.47 Å². The van der Waals surface area contributed by atoms with Crippen LogP contribution >= 0.6 is 0 Å². The van der Waals surface area contributed by atoms with Gasteiger partial charge in [0.15, 0.2) is 0 Å². The number of hydrogen-bond donors (Lipinski definition) is 0. The fraction of sp³-hybridized carbons (Fsp3) is 0.909. The molecule has 1 saturated heterocycles. The van der Waals surface area contributed by atoms with Crippen molar-refractivity contribution in [2.75, 3.05) is 20.3 Å². The summed E-state index contributed by atoms with van der Waals surface area (Å²) in [6, 6.07) is -0.621. The van der Waals surface area contributed by atoms with Crippen molar-refractivity contribution in [1.82, 2.24) is 4.90 Å². The van der Waals surface area contributed by atoms with Gasteiger partial charge < -0.3 is 9.47 Å². The molecule has 1 amide bonds. The third-order valence-corrected chi connectivity index (χ3v) is 2.36. The topological polar surface area (TPSA) is 38.8 Å². The van der Waals surface area contributed by atoms with E-state index in [1.165, 1.54) is 7.11 Å². The van der Waals surface area contributed by atoms with Crippen LogP contribution in [0.5, 0.6) is 0 Å². The summed E-state index contributed by atoms with van der Waals surface area (Å²) in [4.78, 5) is 12.8. The first-order chi connectivity index (χ1) is 7.64. The van der Waals surface area contributed by atoms with Gasteiger partial charge >= 0.3 is 6.09 Å². The summed E-state index contributed by atoms with van der Waals surface area (Å²) in [5.74, 6) is -2.86. The van der Waals surface area contributed by atoms with Crippen molar-refractivity contribution in [3.63, 3.8) is 0 Å². The van der Waals surface area contributed by atoms with Gasteiger partial charge in [0, 0.05) is 13.5 Å². The predicted molar refractivity (Wildman–Crippen MR) is 58.2 cm³/mol. The van der Waals surface area contributed by atoms with Gasteiger partial charge in [-0.05, 0) is 20.8 Å². The molecule has 1 aliphatic rings. The predicted octanol–water partition coefficient (Wildman–Crippen LogP) is 2.28. The highest BCUT2D eigenvalue weighted by molar-refractivity contribution is 5.69. The van der Waals surface area contributed by atoms with Crippen LogP contribution in [0.25, 0.3) is 0 Å². The lowest BCUT2D eigenvalue weighted by molar-refractivity contribution is -0.00313. The van der Waals surface area contributed by atoms with E-state index in [-0.39, 0.29) is 13.0 Å². The van der Waals surface area contributed by atoms with Crippen molar-refractivity contribution < 1.29 is 23.0 Å². The highest BCUT2D eigenvalue weighted by Gasteiger charge is 2.48. The molecule has 0 aromatic carbocycles. The molecule has 100 valence electrons. The van der Waals surface area contributed by atoms with Gasteiger partial charge in [-0.2, -0.15) is 0 Å². The first-order valence-corrected chi connectivity index (χ1v) is 5.51.